The average molecular weight is 352 g/mol. The summed E-state index contributed by atoms with van der Waals surface area (Å²) in [4.78, 5) is 14.0. The highest BCUT2D eigenvalue weighted by Gasteiger charge is 2.14. The molecule has 2 N–H and O–H groups in total. The van der Waals surface area contributed by atoms with Crippen molar-refractivity contribution < 1.29 is 0 Å². The summed E-state index contributed by atoms with van der Waals surface area (Å²) >= 11 is 6.17. The topological polar surface area (TPSA) is 77.7 Å². The number of hydrogen-bond acceptors (Lipinski definition) is 4. The van der Waals surface area contributed by atoms with Gasteiger partial charge in [-0.3, -0.25) is 9.89 Å². The van der Waals surface area contributed by atoms with E-state index in [1.54, 1.807) is 12.3 Å². The van der Waals surface area contributed by atoms with Crippen molar-refractivity contribution in [3.8, 4) is 0 Å². The first-order valence-electron chi connectivity index (χ1n) is 7.71. The van der Waals surface area contributed by atoms with Crippen LogP contribution in [0.3, 0.4) is 0 Å². The van der Waals surface area contributed by atoms with Gasteiger partial charge in [0.2, 0.25) is 0 Å². The second-order valence-corrected chi connectivity index (χ2v) is 5.95. The zero-order valence-corrected chi connectivity index (χ0v) is 13.9. The molecule has 0 amide bonds. The van der Waals surface area contributed by atoms with Gasteiger partial charge in [0.15, 0.2) is 5.15 Å². The van der Waals surface area contributed by atoms with Crippen LogP contribution in [0, 0.1) is 0 Å². The number of anilines is 2. The molecule has 25 heavy (non-hydrogen) atoms. The number of aromatic nitrogens is 4. The minimum Gasteiger partial charge on any atom is -0.322 e. The van der Waals surface area contributed by atoms with Crippen molar-refractivity contribution in [1.29, 1.82) is 0 Å². The van der Waals surface area contributed by atoms with Crippen LogP contribution in [0.1, 0.15) is 5.56 Å². The smallest absolute Gasteiger partial charge is 0.272 e. The van der Waals surface area contributed by atoms with E-state index in [0.29, 0.717) is 17.3 Å². The highest BCUT2D eigenvalue weighted by atomic mass is 35.5. The minimum absolute atomic E-state index is 0.262. The number of halogens is 1. The molecule has 0 fully saturated rings. The fourth-order valence-electron chi connectivity index (χ4n) is 2.77. The van der Waals surface area contributed by atoms with E-state index >= 15 is 0 Å². The molecular formula is C18H14ClN5O. The molecule has 0 saturated heterocycles. The summed E-state index contributed by atoms with van der Waals surface area (Å²) in [5.74, 6) is 0.845. The lowest BCUT2D eigenvalue weighted by Gasteiger charge is -2.23. The van der Waals surface area contributed by atoms with Gasteiger partial charge in [0.1, 0.15) is 5.82 Å². The van der Waals surface area contributed by atoms with E-state index in [4.69, 9.17) is 11.6 Å². The lowest BCUT2D eigenvalue weighted by atomic mass is 10.1. The Morgan fingerprint density at radius 2 is 1.84 bits per heavy atom. The van der Waals surface area contributed by atoms with Gasteiger partial charge < -0.3 is 4.90 Å². The van der Waals surface area contributed by atoms with Gasteiger partial charge in [0.05, 0.1) is 11.6 Å². The van der Waals surface area contributed by atoms with Gasteiger partial charge in [-0.05, 0) is 23.8 Å². The number of nitrogens with one attached hydrogen (secondary N) is 2. The van der Waals surface area contributed by atoms with Crippen molar-refractivity contribution in [2.24, 2.45) is 0 Å². The molecule has 0 aliphatic rings. The summed E-state index contributed by atoms with van der Waals surface area (Å²) in [6.07, 6.45) is 1.70. The molecule has 0 saturated carbocycles. The van der Waals surface area contributed by atoms with E-state index in [2.05, 4.69) is 37.4 Å². The summed E-state index contributed by atoms with van der Waals surface area (Å²) in [5.41, 5.74) is 1.77. The number of nitrogens with zero attached hydrogens (tertiary/aromatic N) is 3. The molecule has 0 aliphatic carbocycles. The molecule has 4 rings (SSSR count). The van der Waals surface area contributed by atoms with Crippen LogP contribution >= 0.6 is 11.6 Å². The Labute approximate surface area is 148 Å². The minimum atomic E-state index is -0.262. The number of aromatic amines is 2. The van der Waals surface area contributed by atoms with Gasteiger partial charge in [-0.2, -0.15) is 10.2 Å². The molecule has 7 heteroatoms. The Morgan fingerprint density at radius 3 is 2.60 bits per heavy atom. The van der Waals surface area contributed by atoms with Crippen LogP contribution in [0.2, 0.25) is 5.15 Å². The Balaban J connectivity index is 1.83. The molecule has 0 unspecified atom stereocenters. The van der Waals surface area contributed by atoms with Crippen LogP contribution in [0.15, 0.2) is 65.6 Å². The second kappa shape index (κ2) is 6.41. The second-order valence-electron chi connectivity index (χ2n) is 5.59. The number of fused-ring (bicyclic) bond motifs is 1. The Hall–Kier alpha value is -3.12. The molecule has 2 heterocycles. The normalized spacial score (nSPS) is 10.9. The van der Waals surface area contributed by atoms with Crippen LogP contribution in [-0.2, 0) is 6.54 Å². The number of H-pyrrole nitrogens is 2. The zero-order chi connectivity index (χ0) is 17.2. The molecule has 0 bridgehead atoms. The van der Waals surface area contributed by atoms with Gasteiger partial charge in [-0.25, -0.2) is 5.10 Å². The molecule has 0 atom stereocenters. The molecule has 0 radical (unpaired) electrons. The van der Waals surface area contributed by atoms with E-state index in [1.807, 2.05) is 36.4 Å². The summed E-state index contributed by atoms with van der Waals surface area (Å²) in [5, 5.41) is 14.7. The standard InChI is InChI=1S/C18H14ClN5O/c19-17-15-10-13(6-7-14(15)18(25)23-22-17)24(16-8-9-20-21-16)11-12-4-2-1-3-5-12/h1-10H,11H2,(H,20,21)(H,23,25). The Kier molecular flexibility index (Phi) is 3.95. The largest absolute Gasteiger partial charge is 0.322 e. The third-order valence-electron chi connectivity index (χ3n) is 4.00. The Morgan fingerprint density at radius 1 is 1.00 bits per heavy atom. The first-order chi connectivity index (χ1) is 12.2. The van der Waals surface area contributed by atoms with Crippen molar-refractivity contribution in [2.45, 2.75) is 6.54 Å². The Bertz CT molecular complexity index is 1060. The van der Waals surface area contributed by atoms with E-state index in [0.717, 1.165) is 17.1 Å². The van der Waals surface area contributed by atoms with Gasteiger partial charge in [-0.1, -0.05) is 41.9 Å². The molecule has 6 nitrogen and oxygen atoms in total. The molecule has 124 valence electrons. The summed E-state index contributed by atoms with van der Waals surface area (Å²) in [7, 11) is 0. The summed E-state index contributed by atoms with van der Waals surface area (Å²) in [6, 6.07) is 17.5. The van der Waals surface area contributed by atoms with Crippen molar-refractivity contribution in [1.82, 2.24) is 20.4 Å². The quantitative estimate of drug-likeness (QED) is 0.588. The zero-order valence-electron chi connectivity index (χ0n) is 13.1. The number of benzene rings is 2. The van der Waals surface area contributed by atoms with Crippen molar-refractivity contribution in [3.05, 3.63) is 81.9 Å². The maximum Gasteiger partial charge on any atom is 0.272 e. The van der Waals surface area contributed by atoms with Gasteiger partial charge >= 0.3 is 0 Å². The lowest BCUT2D eigenvalue weighted by Crippen LogP contribution is -2.17. The number of hydrogen-bond donors (Lipinski definition) is 2. The summed E-state index contributed by atoms with van der Waals surface area (Å²) < 4.78 is 0. The van der Waals surface area contributed by atoms with Crippen molar-refractivity contribution in [2.75, 3.05) is 4.90 Å². The molecule has 0 spiro atoms. The fourth-order valence-corrected chi connectivity index (χ4v) is 2.97. The third-order valence-corrected chi connectivity index (χ3v) is 4.29. The monoisotopic (exact) mass is 351 g/mol. The fraction of sp³-hybridized carbons (Fsp3) is 0.0556. The molecule has 2 aromatic carbocycles. The van der Waals surface area contributed by atoms with E-state index in [1.165, 1.54) is 0 Å². The van der Waals surface area contributed by atoms with Crippen molar-refractivity contribution >= 4 is 33.9 Å². The van der Waals surface area contributed by atoms with Gasteiger partial charge in [-0.15, -0.1) is 0 Å². The first-order valence-corrected chi connectivity index (χ1v) is 8.09. The van der Waals surface area contributed by atoms with Gasteiger partial charge in [0.25, 0.3) is 5.56 Å². The van der Waals surface area contributed by atoms with E-state index < -0.39 is 0 Å². The third kappa shape index (κ3) is 2.99. The predicted octanol–water partition coefficient (Wildman–Crippen LogP) is 3.64. The average Bonchev–Trinajstić information content (AvgIpc) is 3.18. The van der Waals surface area contributed by atoms with E-state index in [9.17, 15) is 4.79 Å². The maximum atomic E-state index is 11.9. The molecule has 4 aromatic rings. The van der Waals surface area contributed by atoms with E-state index in [-0.39, 0.29) is 10.7 Å². The highest BCUT2D eigenvalue weighted by molar-refractivity contribution is 6.34. The molecule has 2 aromatic heterocycles. The molecule has 0 aliphatic heterocycles. The lowest BCUT2D eigenvalue weighted by molar-refractivity contribution is 0.931. The van der Waals surface area contributed by atoms with Crippen LogP contribution in [0.5, 0.6) is 0 Å². The molecular weight excluding hydrogens is 338 g/mol. The maximum absolute atomic E-state index is 11.9. The summed E-state index contributed by atoms with van der Waals surface area (Å²) in [6.45, 7) is 0.642. The van der Waals surface area contributed by atoms with Gasteiger partial charge in [0, 0.05) is 23.7 Å². The van der Waals surface area contributed by atoms with Crippen LogP contribution in [-0.4, -0.2) is 20.4 Å². The highest BCUT2D eigenvalue weighted by Crippen LogP contribution is 2.29. The van der Waals surface area contributed by atoms with Crippen LogP contribution in [0.4, 0.5) is 11.5 Å². The van der Waals surface area contributed by atoms with Crippen LogP contribution < -0.4 is 10.5 Å². The van der Waals surface area contributed by atoms with Crippen molar-refractivity contribution in [3.63, 3.8) is 0 Å². The van der Waals surface area contributed by atoms with Crippen LogP contribution in [0.25, 0.3) is 10.8 Å². The SMILES string of the molecule is O=c1[nH]nc(Cl)c2cc(N(Cc3ccccc3)c3ccn[nH]3)ccc12. The predicted molar refractivity (Wildman–Crippen MR) is 98.2 cm³/mol. The first kappa shape index (κ1) is 15.4. The number of rotatable bonds is 4.